The fourth-order valence-corrected chi connectivity index (χ4v) is 9.97. The molecule has 0 aliphatic carbocycles. The van der Waals surface area contributed by atoms with Crippen LogP contribution in [0.2, 0.25) is 0 Å². The maximum atomic E-state index is 9.39. The molecule has 0 N–H and O–H groups in total. The number of hydrogen-bond acceptors (Lipinski definition) is 2. The van der Waals surface area contributed by atoms with Crippen molar-refractivity contribution in [1.29, 1.82) is 0 Å². The van der Waals surface area contributed by atoms with Crippen molar-refractivity contribution in [3.63, 3.8) is 0 Å². The molecule has 0 unspecified atom stereocenters. The number of aryl methyl sites for hydroxylation is 3. The zero-order valence-corrected chi connectivity index (χ0v) is 42.6. The van der Waals surface area contributed by atoms with Crippen LogP contribution in [0.4, 0.5) is 0 Å². The fraction of sp³-hybridized carbons (Fsp3) is 0.155. The predicted octanol–water partition coefficient (Wildman–Crippen LogP) is 18.2. The van der Waals surface area contributed by atoms with Gasteiger partial charge in [0.1, 0.15) is 17.3 Å². The van der Waals surface area contributed by atoms with E-state index in [1.54, 1.807) is 80.4 Å². The molecule has 0 bridgehead atoms. The number of fused-ring (bicyclic) bond motifs is 4. The van der Waals surface area contributed by atoms with Crippen LogP contribution in [0.3, 0.4) is 0 Å². The molecule has 0 saturated heterocycles. The van der Waals surface area contributed by atoms with Gasteiger partial charge in [0.15, 0.2) is 0 Å². The zero-order valence-electron chi connectivity index (χ0n) is 61.6. The van der Waals surface area contributed by atoms with Crippen molar-refractivity contribution >= 4 is 32.8 Å². The number of aromatic nitrogens is 4. The third-order valence-corrected chi connectivity index (χ3v) is 13.9. The summed E-state index contributed by atoms with van der Waals surface area (Å²) < 4.78 is 177. The Kier molecular flexibility index (Phi) is 7.73. The van der Waals surface area contributed by atoms with Crippen molar-refractivity contribution in [2.24, 2.45) is 0 Å². The van der Waals surface area contributed by atoms with Gasteiger partial charge >= 0.3 is 0 Å². The Morgan fingerprint density at radius 3 is 1.84 bits per heavy atom. The SMILES string of the molecule is [2H]c1c([2H])c([2H])c(-c2cnc(-n3c4ccccc4c4ccc(Oc5cccc(-n6[c-][n+](-c7c(-c8cc(C(C)(C)C)cc(C(C)(C)C)c8)cccc7-c7c([2H])c([2H])c([2H])c([2H])c7[2H])c7ccc(-c8c(C([2H])([2H])[2H])cccc8C([2H])([2H])[2H])cc76)c5)cc43)cc2C([2H])([2H])[2H])c([2H])c1[2H]. The Labute approximate surface area is 473 Å². The van der Waals surface area contributed by atoms with Crippen molar-refractivity contribution in [2.45, 2.75) is 72.9 Å². The lowest BCUT2D eigenvalue weighted by Crippen LogP contribution is -2.31. The van der Waals surface area contributed by atoms with Gasteiger partial charge in [-0.3, -0.25) is 13.7 Å². The van der Waals surface area contributed by atoms with Crippen LogP contribution in [0.15, 0.2) is 212 Å². The van der Waals surface area contributed by atoms with Gasteiger partial charge in [0, 0.05) is 40.9 Å². The van der Waals surface area contributed by atoms with Gasteiger partial charge in [-0.1, -0.05) is 193 Å². The van der Waals surface area contributed by atoms with Gasteiger partial charge in [0.05, 0.1) is 47.1 Å². The Balaban J connectivity index is 1.09. The largest absolute Gasteiger partial charge is 0.458 e. The molecule has 0 spiro atoms. The average Bonchev–Trinajstić information content (AvgIpc) is 1.72. The molecule has 12 aromatic rings. The van der Waals surface area contributed by atoms with Crippen molar-refractivity contribution in [3.05, 3.63) is 246 Å². The first-order valence-corrected chi connectivity index (χ1v) is 24.9. The molecule has 5 nitrogen and oxygen atoms in total. The molecule has 76 heavy (non-hydrogen) atoms. The second-order valence-corrected chi connectivity index (χ2v) is 20.9. The normalized spacial score (nSPS) is 16.1. The number of imidazole rings is 1. The molecule has 0 aliphatic heterocycles. The van der Waals surface area contributed by atoms with Crippen molar-refractivity contribution in [3.8, 4) is 73.2 Å². The van der Waals surface area contributed by atoms with Gasteiger partial charge in [-0.2, -0.15) is 0 Å². The van der Waals surface area contributed by atoms with Crippen LogP contribution < -0.4 is 9.30 Å². The number of benzene rings is 9. The van der Waals surface area contributed by atoms with E-state index in [-0.39, 0.29) is 66.7 Å². The minimum Gasteiger partial charge on any atom is -0.458 e. The van der Waals surface area contributed by atoms with E-state index in [0.29, 0.717) is 50.5 Å². The summed E-state index contributed by atoms with van der Waals surface area (Å²) in [6, 6.07) is 36.6. The smallest absolute Gasteiger partial charge is 0.269 e. The summed E-state index contributed by atoms with van der Waals surface area (Å²) in [6.07, 6.45) is 4.80. The summed E-state index contributed by atoms with van der Waals surface area (Å²) in [5.41, 5.74) is 4.81. The Hall–Kier alpha value is -8.80. The van der Waals surface area contributed by atoms with Crippen LogP contribution in [0.5, 0.6) is 11.5 Å². The third kappa shape index (κ3) is 8.75. The molecule has 372 valence electrons. The van der Waals surface area contributed by atoms with E-state index in [4.69, 9.17) is 33.0 Å². The Morgan fingerprint density at radius 1 is 0.513 bits per heavy atom. The van der Waals surface area contributed by atoms with E-state index >= 15 is 0 Å². The number of hydrogen-bond donors (Lipinski definition) is 0. The van der Waals surface area contributed by atoms with Crippen molar-refractivity contribution in [1.82, 2.24) is 14.1 Å². The topological polar surface area (TPSA) is 35.9 Å². The number of para-hydroxylation sites is 2. The summed E-state index contributed by atoms with van der Waals surface area (Å²) in [5, 5.41) is 1.53. The molecule has 3 aromatic heterocycles. The van der Waals surface area contributed by atoms with Gasteiger partial charge < -0.3 is 4.74 Å². The van der Waals surface area contributed by atoms with Gasteiger partial charge in [0.2, 0.25) is 0 Å². The van der Waals surface area contributed by atoms with Gasteiger partial charge in [0.25, 0.3) is 6.33 Å². The predicted molar refractivity (Wildman–Crippen MR) is 316 cm³/mol. The van der Waals surface area contributed by atoms with Crippen LogP contribution in [0.1, 0.15) is 95.4 Å². The lowest BCUT2D eigenvalue weighted by Gasteiger charge is -2.27. The number of nitrogens with zero attached hydrogens (tertiary/aromatic N) is 4. The highest BCUT2D eigenvalue weighted by Gasteiger charge is 2.25. The first-order chi connectivity index (χ1) is 44.4. The minimum absolute atomic E-state index is 0.0117. The van der Waals surface area contributed by atoms with E-state index in [9.17, 15) is 2.74 Å². The van der Waals surface area contributed by atoms with Gasteiger partial charge in [-0.15, -0.1) is 0 Å². The molecular weight excluding hydrogens is 925 g/mol. The Morgan fingerprint density at radius 2 is 1.14 bits per heavy atom. The van der Waals surface area contributed by atoms with Crippen molar-refractivity contribution in [2.75, 3.05) is 0 Å². The number of rotatable bonds is 9. The highest BCUT2D eigenvalue weighted by atomic mass is 16.5. The molecular formula is C71H62N4O. The second-order valence-electron chi connectivity index (χ2n) is 20.9. The molecule has 12 rings (SSSR count). The van der Waals surface area contributed by atoms with Crippen LogP contribution in [-0.2, 0) is 10.8 Å². The minimum atomic E-state index is -2.84. The quantitative estimate of drug-likeness (QED) is 0.107. The van der Waals surface area contributed by atoms with Gasteiger partial charge in [-0.05, 0) is 147 Å². The van der Waals surface area contributed by atoms with E-state index in [1.165, 1.54) is 30.5 Å². The Bertz CT molecular complexity index is 5040. The van der Waals surface area contributed by atoms with E-state index < -0.39 is 81.0 Å². The van der Waals surface area contributed by atoms with Gasteiger partial charge in [-0.25, -0.2) is 4.98 Å². The van der Waals surface area contributed by atoms with E-state index in [1.807, 2.05) is 36.4 Å². The standard InChI is InChI=1S/C71H62N4O/c1-46-21-18-22-47(2)68(46)51-33-36-64-66(40-51)73(45-74(64)69-58(49-23-12-10-13-24-49)30-20-31-59(69)52-38-53(70(4,5)6)41-54(39-52)71(7,8)9)55-27-19-28-56(42-55)76-57-34-35-61-60-29-16-17-32-63(60)75(65(61)43-57)67-37-48(3)62(44-72-67)50-25-14-11-15-26-50/h10-44H,1-9H3/i1D3,2D3,3D3,10D,11D,12D,13D,14D,15D,23D,24D,25D,26D. The number of ether oxygens (including phenoxy) is 1. The van der Waals surface area contributed by atoms with Crippen LogP contribution in [-0.4, -0.2) is 14.1 Å². The second kappa shape index (κ2) is 18.8. The van der Waals surface area contributed by atoms with Crippen LogP contribution >= 0.6 is 0 Å². The van der Waals surface area contributed by atoms with Crippen LogP contribution in [0.25, 0.3) is 94.5 Å². The monoisotopic (exact) mass is 1010 g/mol. The molecule has 3 heterocycles. The lowest BCUT2D eigenvalue weighted by atomic mass is 9.78. The molecule has 5 heteroatoms. The molecule has 0 atom stereocenters. The molecule has 0 radical (unpaired) electrons. The molecule has 0 fully saturated rings. The highest BCUT2D eigenvalue weighted by Crippen LogP contribution is 2.41. The summed E-state index contributed by atoms with van der Waals surface area (Å²) in [7, 11) is 0. The molecule has 0 aliphatic rings. The van der Waals surface area contributed by atoms with Crippen molar-refractivity contribution < 1.29 is 35.3 Å². The lowest BCUT2D eigenvalue weighted by molar-refractivity contribution is -0.571. The summed E-state index contributed by atoms with van der Waals surface area (Å²) >= 11 is 0. The number of pyridine rings is 1. The zero-order chi connectivity index (χ0) is 68.7. The maximum absolute atomic E-state index is 9.39. The van der Waals surface area contributed by atoms with E-state index in [0.717, 1.165) is 27.5 Å². The fourth-order valence-electron chi connectivity index (χ4n) is 9.97. The molecule has 0 saturated carbocycles. The summed E-state index contributed by atoms with van der Waals surface area (Å²) in [4.78, 5) is 4.72. The highest BCUT2D eigenvalue weighted by molar-refractivity contribution is 6.09. The maximum Gasteiger partial charge on any atom is 0.269 e. The average molecular weight is 1010 g/mol. The first-order valence-electron chi connectivity index (χ1n) is 34.4. The first kappa shape index (κ1) is 31.2. The third-order valence-electron chi connectivity index (χ3n) is 13.9. The summed E-state index contributed by atoms with van der Waals surface area (Å²) in [5.74, 6) is 0.784. The molecule has 0 amide bonds. The van der Waals surface area contributed by atoms with E-state index in [2.05, 4.69) is 66.1 Å². The molecule has 9 aromatic carbocycles. The summed E-state index contributed by atoms with van der Waals surface area (Å²) in [6.45, 7) is 4.34. The van der Waals surface area contributed by atoms with Crippen LogP contribution in [0, 0.1) is 26.9 Å².